The van der Waals surface area contributed by atoms with Crippen molar-refractivity contribution in [1.29, 1.82) is 0 Å². The van der Waals surface area contributed by atoms with Crippen molar-refractivity contribution in [2.75, 3.05) is 27.2 Å². The molecule has 0 saturated carbocycles. The fourth-order valence-electron chi connectivity index (χ4n) is 5.18. The number of pyridine rings is 1. The molecule has 1 aromatic heterocycles. The number of nitrogens with zero attached hydrogens (tertiary/aromatic N) is 3. The number of aromatic nitrogens is 1. The Labute approximate surface area is 225 Å². The number of hydrogen-bond donors (Lipinski definition) is 0. The van der Waals surface area contributed by atoms with Gasteiger partial charge >= 0.3 is 0 Å². The molecule has 3 aromatic carbocycles. The molecule has 0 spiro atoms. The number of methoxy groups -OCH3 is 1. The van der Waals surface area contributed by atoms with Gasteiger partial charge in [-0.15, -0.1) is 0 Å². The zero-order chi connectivity index (χ0) is 27.1. The van der Waals surface area contributed by atoms with Crippen molar-refractivity contribution in [3.63, 3.8) is 0 Å². The second-order valence-electron chi connectivity index (χ2n) is 10.0. The zero-order valence-corrected chi connectivity index (χ0v) is 21.9. The van der Waals surface area contributed by atoms with Crippen LogP contribution in [0.3, 0.4) is 0 Å². The van der Waals surface area contributed by atoms with Gasteiger partial charge in [0.2, 0.25) is 0 Å². The van der Waals surface area contributed by atoms with Crippen LogP contribution in [0.1, 0.15) is 49.4 Å². The molecule has 198 valence electrons. The van der Waals surface area contributed by atoms with Crippen LogP contribution in [-0.2, 0) is 19.6 Å². The summed E-state index contributed by atoms with van der Waals surface area (Å²) in [4.78, 5) is 35.3. The van der Waals surface area contributed by atoms with E-state index < -0.39 is 0 Å². The first kappa shape index (κ1) is 24.9. The topological polar surface area (TPSA) is 72.0 Å². The van der Waals surface area contributed by atoms with Crippen molar-refractivity contribution in [1.82, 2.24) is 14.8 Å². The number of rotatable bonds is 7. The predicted molar refractivity (Wildman–Crippen MR) is 145 cm³/mol. The van der Waals surface area contributed by atoms with Gasteiger partial charge in [-0.3, -0.25) is 14.6 Å². The van der Waals surface area contributed by atoms with E-state index >= 15 is 0 Å². The average Bonchev–Trinajstić information content (AvgIpc) is 3.20. The van der Waals surface area contributed by atoms with Gasteiger partial charge in [-0.25, -0.2) is 4.39 Å². The lowest BCUT2D eigenvalue weighted by molar-refractivity contribution is 0.0651. The minimum absolute atomic E-state index is 0.0898. The van der Waals surface area contributed by atoms with E-state index in [1.54, 1.807) is 37.4 Å². The lowest BCUT2D eigenvalue weighted by Crippen LogP contribution is -2.42. The highest BCUT2D eigenvalue weighted by atomic mass is 19.1. The second-order valence-corrected chi connectivity index (χ2v) is 10.0. The van der Waals surface area contributed by atoms with Gasteiger partial charge in [-0.05, 0) is 59.9 Å². The maximum atomic E-state index is 13.7. The fourth-order valence-corrected chi connectivity index (χ4v) is 5.18. The lowest BCUT2D eigenvalue weighted by atomic mass is 9.93. The van der Waals surface area contributed by atoms with Crippen LogP contribution < -0.4 is 9.47 Å². The van der Waals surface area contributed by atoms with E-state index in [0.717, 1.165) is 28.9 Å². The largest absolute Gasteiger partial charge is 0.497 e. The number of carbonyl (C=O) groups excluding carboxylic acids is 2. The van der Waals surface area contributed by atoms with Crippen LogP contribution in [0.15, 0.2) is 60.8 Å². The summed E-state index contributed by atoms with van der Waals surface area (Å²) in [5.41, 5.74) is 4.80. The van der Waals surface area contributed by atoms with E-state index in [1.165, 1.54) is 12.1 Å². The van der Waals surface area contributed by atoms with Gasteiger partial charge in [-0.2, -0.15) is 0 Å². The molecule has 2 amide bonds. The first-order chi connectivity index (χ1) is 18.9. The molecule has 8 heteroatoms. The van der Waals surface area contributed by atoms with Crippen molar-refractivity contribution in [3.05, 3.63) is 100.0 Å². The van der Waals surface area contributed by atoms with E-state index in [0.29, 0.717) is 59.4 Å². The Kier molecular flexibility index (Phi) is 6.38. The summed E-state index contributed by atoms with van der Waals surface area (Å²) in [7, 11) is 3.34. The Morgan fingerprint density at radius 2 is 1.74 bits per heavy atom. The Bertz CT molecular complexity index is 1580. The number of hydrogen-bond acceptors (Lipinski definition) is 5. The molecule has 2 aliphatic rings. The van der Waals surface area contributed by atoms with Gasteiger partial charge in [0, 0.05) is 43.8 Å². The van der Waals surface area contributed by atoms with Crippen LogP contribution in [0.25, 0.3) is 10.9 Å². The Morgan fingerprint density at radius 1 is 1.03 bits per heavy atom. The predicted octanol–water partition coefficient (Wildman–Crippen LogP) is 4.98. The van der Waals surface area contributed by atoms with E-state index in [4.69, 9.17) is 14.5 Å². The summed E-state index contributed by atoms with van der Waals surface area (Å²) in [6.07, 6.45) is 3.22. The maximum Gasteiger partial charge on any atom is 0.258 e. The smallest absolute Gasteiger partial charge is 0.258 e. The van der Waals surface area contributed by atoms with Crippen LogP contribution in [0, 0.1) is 5.82 Å². The van der Waals surface area contributed by atoms with E-state index in [9.17, 15) is 14.0 Å². The van der Waals surface area contributed by atoms with Gasteiger partial charge in [0.25, 0.3) is 11.8 Å². The van der Waals surface area contributed by atoms with Gasteiger partial charge in [0.15, 0.2) is 5.75 Å². The summed E-state index contributed by atoms with van der Waals surface area (Å²) in [6.45, 7) is 1.93. The molecule has 7 nitrogen and oxygen atoms in total. The minimum atomic E-state index is -0.291. The van der Waals surface area contributed by atoms with E-state index in [1.807, 2.05) is 35.2 Å². The number of carbonyl (C=O) groups is 2. The number of benzene rings is 3. The zero-order valence-electron chi connectivity index (χ0n) is 21.9. The average molecular weight is 526 g/mol. The SMILES string of the molecule is COc1ccc(COc2c3c(c(C(=O)N4CCC4)c4cc(Cc5ccc(F)cc5)cnc24)CN(C)C3=O)cc1. The number of ether oxygens (including phenoxy) is 2. The van der Waals surface area contributed by atoms with Crippen molar-refractivity contribution < 1.29 is 23.5 Å². The standard InChI is InChI=1S/C31H28FN3O4/c1-34-17-25-26(31(37)35-12-3-13-35)24-15-21(14-19-4-8-22(32)9-5-19)16-33-28(24)29(27(25)30(34)36)39-18-20-6-10-23(38-2)11-7-20/h4-11,15-16H,3,12-14,17-18H2,1-2H3. The van der Waals surface area contributed by atoms with Crippen LogP contribution in [0.2, 0.25) is 0 Å². The summed E-state index contributed by atoms with van der Waals surface area (Å²) in [5.74, 6) is 0.560. The summed E-state index contributed by atoms with van der Waals surface area (Å²) in [5, 5.41) is 0.665. The molecule has 39 heavy (non-hydrogen) atoms. The highest BCUT2D eigenvalue weighted by molar-refractivity contribution is 6.16. The highest BCUT2D eigenvalue weighted by Crippen LogP contribution is 2.41. The molecule has 6 rings (SSSR count). The number of halogens is 1. The number of amides is 2. The molecule has 0 atom stereocenters. The Balaban J connectivity index is 1.48. The molecule has 1 fully saturated rings. The van der Waals surface area contributed by atoms with E-state index in [-0.39, 0.29) is 24.2 Å². The van der Waals surface area contributed by atoms with Gasteiger partial charge in [0.1, 0.15) is 23.7 Å². The van der Waals surface area contributed by atoms with E-state index in [2.05, 4.69) is 0 Å². The molecular weight excluding hydrogens is 497 g/mol. The monoisotopic (exact) mass is 525 g/mol. The molecular formula is C31H28FN3O4. The quantitative estimate of drug-likeness (QED) is 0.340. The minimum Gasteiger partial charge on any atom is -0.497 e. The molecule has 1 saturated heterocycles. The van der Waals surface area contributed by atoms with Gasteiger partial charge in [-0.1, -0.05) is 24.3 Å². The molecule has 0 unspecified atom stereocenters. The summed E-state index contributed by atoms with van der Waals surface area (Å²) >= 11 is 0. The first-order valence-corrected chi connectivity index (χ1v) is 13.0. The maximum absolute atomic E-state index is 13.7. The summed E-state index contributed by atoms with van der Waals surface area (Å²) in [6, 6.07) is 15.8. The summed E-state index contributed by atoms with van der Waals surface area (Å²) < 4.78 is 25.0. The van der Waals surface area contributed by atoms with Crippen LogP contribution >= 0.6 is 0 Å². The Hall–Kier alpha value is -4.46. The fraction of sp³-hybridized carbons (Fsp3) is 0.258. The van der Waals surface area contributed by atoms with Crippen molar-refractivity contribution in [3.8, 4) is 11.5 Å². The van der Waals surface area contributed by atoms with Crippen molar-refractivity contribution >= 4 is 22.7 Å². The molecule has 0 aliphatic carbocycles. The van der Waals surface area contributed by atoms with Crippen LogP contribution in [0.5, 0.6) is 11.5 Å². The molecule has 3 heterocycles. The molecule has 0 radical (unpaired) electrons. The molecule has 2 aliphatic heterocycles. The second kappa shape index (κ2) is 10.0. The van der Waals surface area contributed by atoms with Crippen LogP contribution in [-0.4, -0.2) is 53.8 Å². The third kappa shape index (κ3) is 4.56. The van der Waals surface area contributed by atoms with Gasteiger partial charge < -0.3 is 19.3 Å². The lowest BCUT2D eigenvalue weighted by Gasteiger charge is -2.32. The third-order valence-electron chi connectivity index (χ3n) is 7.44. The third-order valence-corrected chi connectivity index (χ3v) is 7.44. The first-order valence-electron chi connectivity index (χ1n) is 13.0. The Morgan fingerprint density at radius 3 is 2.41 bits per heavy atom. The molecule has 0 bridgehead atoms. The highest BCUT2D eigenvalue weighted by Gasteiger charge is 2.37. The normalized spacial score (nSPS) is 14.4. The van der Waals surface area contributed by atoms with Crippen molar-refractivity contribution in [2.45, 2.75) is 26.0 Å². The van der Waals surface area contributed by atoms with Crippen LogP contribution in [0.4, 0.5) is 4.39 Å². The van der Waals surface area contributed by atoms with Gasteiger partial charge in [0.05, 0.1) is 18.2 Å². The number of fused-ring (bicyclic) bond motifs is 2. The van der Waals surface area contributed by atoms with Crippen molar-refractivity contribution in [2.24, 2.45) is 0 Å². The molecule has 0 N–H and O–H groups in total. The number of likely N-dealkylation sites (tertiary alicyclic amines) is 1. The molecule has 4 aromatic rings.